The molecule has 0 amide bonds. The van der Waals surface area contributed by atoms with Gasteiger partial charge in [0, 0.05) is 11.6 Å². The van der Waals surface area contributed by atoms with E-state index in [2.05, 4.69) is 0 Å². The highest BCUT2D eigenvalue weighted by molar-refractivity contribution is 5.83. The van der Waals surface area contributed by atoms with Crippen molar-refractivity contribution in [3.63, 3.8) is 0 Å². The maximum atomic E-state index is 13.6. The van der Waals surface area contributed by atoms with Crippen molar-refractivity contribution in [3.8, 4) is 5.75 Å². The number of phenolic OH excluding ortho intramolecular Hbond substituents is 1. The van der Waals surface area contributed by atoms with Crippen LogP contribution in [0.5, 0.6) is 5.75 Å². The molecule has 0 atom stereocenters. The van der Waals surface area contributed by atoms with Crippen molar-refractivity contribution >= 4 is 5.97 Å². The normalized spacial score (nSPS) is 17.6. The van der Waals surface area contributed by atoms with Crippen LogP contribution in [0.2, 0.25) is 0 Å². The summed E-state index contributed by atoms with van der Waals surface area (Å²) in [7, 11) is 0. The van der Waals surface area contributed by atoms with E-state index in [0.717, 1.165) is 0 Å². The number of hydrogen-bond acceptors (Lipinski definition) is 2. The van der Waals surface area contributed by atoms with Crippen LogP contribution >= 0.6 is 0 Å². The average Bonchev–Trinajstić information content (AvgIpc) is 2.18. The van der Waals surface area contributed by atoms with Crippen molar-refractivity contribution in [2.24, 2.45) is 0 Å². The maximum Gasteiger partial charge on any atom is 0.314 e. The van der Waals surface area contributed by atoms with Crippen molar-refractivity contribution in [2.75, 3.05) is 0 Å². The lowest BCUT2D eigenvalue weighted by molar-refractivity contribution is -0.147. The second kappa shape index (κ2) is 3.65. The molecule has 1 aromatic rings. The van der Waals surface area contributed by atoms with Crippen LogP contribution in [0, 0.1) is 17.5 Å². The Morgan fingerprint density at radius 2 is 1.82 bits per heavy atom. The zero-order valence-corrected chi connectivity index (χ0v) is 8.64. The van der Waals surface area contributed by atoms with Crippen molar-refractivity contribution < 1.29 is 28.2 Å². The Morgan fingerprint density at radius 1 is 1.24 bits per heavy atom. The number of hydrogen-bond donors (Lipinski definition) is 2. The Balaban J connectivity index is 2.70. The molecule has 3 nitrogen and oxygen atoms in total. The van der Waals surface area contributed by atoms with E-state index in [9.17, 15) is 18.0 Å². The van der Waals surface area contributed by atoms with Gasteiger partial charge in [0.2, 0.25) is 0 Å². The largest absolute Gasteiger partial charge is 0.505 e. The molecule has 2 N–H and O–H groups in total. The van der Waals surface area contributed by atoms with E-state index in [1.165, 1.54) is 0 Å². The smallest absolute Gasteiger partial charge is 0.314 e. The SMILES string of the molecule is O=C(O)C1(c2c(F)c(O)cc(F)c2F)CCC1. The number of aliphatic carboxylic acids is 1. The first-order chi connectivity index (χ1) is 7.90. The summed E-state index contributed by atoms with van der Waals surface area (Å²) < 4.78 is 40.2. The summed E-state index contributed by atoms with van der Waals surface area (Å²) in [4.78, 5) is 11.1. The summed E-state index contributed by atoms with van der Waals surface area (Å²) in [6.45, 7) is 0. The number of carbonyl (C=O) groups is 1. The molecule has 0 radical (unpaired) electrons. The van der Waals surface area contributed by atoms with Crippen molar-refractivity contribution in [1.82, 2.24) is 0 Å². The zero-order valence-electron chi connectivity index (χ0n) is 8.64. The molecular formula is C11H9F3O3. The molecule has 1 aliphatic rings. The fourth-order valence-electron chi connectivity index (χ4n) is 2.11. The number of carboxylic acid groups (broad SMARTS) is 1. The van der Waals surface area contributed by atoms with Gasteiger partial charge in [-0.25, -0.2) is 13.2 Å². The lowest BCUT2D eigenvalue weighted by Gasteiger charge is -2.38. The molecule has 17 heavy (non-hydrogen) atoms. The predicted molar refractivity (Wildman–Crippen MR) is 51.1 cm³/mol. The van der Waals surface area contributed by atoms with E-state index in [1.54, 1.807) is 0 Å². The minimum Gasteiger partial charge on any atom is -0.505 e. The molecule has 0 saturated heterocycles. The monoisotopic (exact) mass is 246 g/mol. The maximum absolute atomic E-state index is 13.6. The molecule has 1 saturated carbocycles. The summed E-state index contributed by atoms with van der Waals surface area (Å²) in [5, 5.41) is 18.1. The predicted octanol–water partition coefficient (Wildman–Crippen LogP) is 2.32. The molecule has 0 aromatic heterocycles. The number of rotatable bonds is 2. The second-order valence-corrected chi connectivity index (χ2v) is 4.12. The third-order valence-electron chi connectivity index (χ3n) is 3.23. The first kappa shape index (κ1) is 11.8. The van der Waals surface area contributed by atoms with Gasteiger partial charge >= 0.3 is 5.97 Å². The van der Waals surface area contributed by atoms with Crippen LogP contribution in [0.25, 0.3) is 0 Å². The number of halogens is 3. The molecule has 0 unspecified atom stereocenters. The molecule has 1 fully saturated rings. The highest BCUT2D eigenvalue weighted by Crippen LogP contribution is 2.47. The van der Waals surface area contributed by atoms with Crippen LogP contribution in [-0.4, -0.2) is 16.2 Å². The number of benzene rings is 1. The minimum absolute atomic E-state index is 0.0269. The van der Waals surface area contributed by atoms with E-state index in [0.29, 0.717) is 12.5 Å². The molecule has 6 heteroatoms. The summed E-state index contributed by atoms with van der Waals surface area (Å²) >= 11 is 0. The van der Waals surface area contributed by atoms with Gasteiger partial charge in [0.25, 0.3) is 0 Å². The summed E-state index contributed by atoms with van der Waals surface area (Å²) in [5.41, 5.74) is -2.64. The Hall–Kier alpha value is -1.72. The fraction of sp³-hybridized carbons (Fsp3) is 0.364. The van der Waals surface area contributed by atoms with Crippen LogP contribution in [0.15, 0.2) is 6.07 Å². The Labute approximate surface area is 94.5 Å². The van der Waals surface area contributed by atoms with Gasteiger partial charge in [0.1, 0.15) is 0 Å². The van der Waals surface area contributed by atoms with E-state index >= 15 is 0 Å². The number of aromatic hydroxyl groups is 1. The van der Waals surface area contributed by atoms with Crippen LogP contribution in [0.3, 0.4) is 0 Å². The Bertz CT molecular complexity index is 469. The lowest BCUT2D eigenvalue weighted by Crippen LogP contribution is -2.44. The standard InChI is InChI=1S/C11H9F3O3/c12-5-4-6(15)9(14)7(8(5)13)11(10(16)17)2-1-3-11/h4,15H,1-3H2,(H,16,17). The molecule has 92 valence electrons. The highest BCUT2D eigenvalue weighted by atomic mass is 19.2. The molecule has 0 heterocycles. The van der Waals surface area contributed by atoms with Crippen LogP contribution in [0.1, 0.15) is 24.8 Å². The van der Waals surface area contributed by atoms with Gasteiger partial charge in [-0.3, -0.25) is 4.79 Å². The summed E-state index contributed by atoms with van der Waals surface area (Å²) in [6, 6.07) is 0.294. The van der Waals surface area contributed by atoms with Gasteiger partial charge in [-0.05, 0) is 12.8 Å². The first-order valence-electron chi connectivity index (χ1n) is 5.00. The van der Waals surface area contributed by atoms with E-state index < -0.39 is 40.1 Å². The highest BCUT2D eigenvalue weighted by Gasteiger charge is 2.50. The third kappa shape index (κ3) is 1.47. The summed E-state index contributed by atoms with van der Waals surface area (Å²) in [6.07, 6.45) is 0.542. The van der Waals surface area contributed by atoms with Crippen LogP contribution in [0.4, 0.5) is 13.2 Å². The van der Waals surface area contributed by atoms with Crippen LogP contribution < -0.4 is 0 Å². The van der Waals surface area contributed by atoms with Gasteiger partial charge in [-0.1, -0.05) is 6.42 Å². The molecule has 0 aliphatic heterocycles. The first-order valence-corrected chi connectivity index (χ1v) is 5.00. The topological polar surface area (TPSA) is 57.5 Å². The van der Waals surface area contributed by atoms with E-state index in [1.807, 2.05) is 0 Å². The summed E-state index contributed by atoms with van der Waals surface area (Å²) in [5.74, 6) is -6.88. The van der Waals surface area contributed by atoms with Crippen LogP contribution in [-0.2, 0) is 10.2 Å². The van der Waals surface area contributed by atoms with Crippen molar-refractivity contribution in [2.45, 2.75) is 24.7 Å². The fourth-order valence-corrected chi connectivity index (χ4v) is 2.11. The molecule has 0 spiro atoms. The Morgan fingerprint density at radius 3 is 2.24 bits per heavy atom. The van der Waals surface area contributed by atoms with E-state index in [-0.39, 0.29) is 12.8 Å². The molecule has 0 bridgehead atoms. The van der Waals surface area contributed by atoms with Gasteiger partial charge in [0.05, 0.1) is 5.41 Å². The van der Waals surface area contributed by atoms with Crippen molar-refractivity contribution in [1.29, 1.82) is 0 Å². The molecule has 1 aromatic carbocycles. The third-order valence-corrected chi connectivity index (χ3v) is 3.23. The molecular weight excluding hydrogens is 237 g/mol. The van der Waals surface area contributed by atoms with Gasteiger partial charge in [-0.2, -0.15) is 0 Å². The minimum atomic E-state index is -1.76. The quantitative estimate of drug-likeness (QED) is 0.787. The average molecular weight is 246 g/mol. The number of carboxylic acids is 1. The zero-order chi connectivity index (χ0) is 12.8. The van der Waals surface area contributed by atoms with Gasteiger partial charge in [-0.15, -0.1) is 0 Å². The Kier molecular flexibility index (Phi) is 2.52. The van der Waals surface area contributed by atoms with Crippen molar-refractivity contribution in [3.05, 3.63) is 29.1 Å². The van der Waals surface area contributed by atoms with E-state index in [4.69, 9.17) is 10.2 Å². The molecule has 2 rings (SSSR count). The van der Waals surface area contributed by atoms with Gasteiger partial charge in [0.15, 0.2) is 23.2 Å². The number of phenols is 1. The lowest BCUT2D eigenvalue weighted by atomic mass is 9.64. The molecule has 1 aliphatic carbocycles. The second-order valence-electron chi connectivity index (χ2n) is 4.12. The van der Waals surface area contributed by atoms with Gasteiger partial charge < -0.3 is 10.2 Å².